The highest BCUT2D eigenvalue weighted by Crippen LogP contribution is 2.17. The van der Waals surface area contributed by atoms with E-state index in [-0.39, 0.29) is 12.1 Å². The number of aliphatic carboxylic acids is 1. The lowest BCUT2D eigenvalue weighted by molar-refractivity contribution is -0.141. The van der Waals surface area contributed by atoms with E-state index in [1.165, 1.54) is 18.9 Å². The predicted octanol–water partition coefficient (Wildman–Crippen LogP) is 0.997. The summed E-state index contributed by atoms with van der Waals surface area (Å²) in [4.78, 5) is 23.6. The number of carbonyl (C=O) groups excluding carboxylic acids is 1. The van der Waals surface area contributed by atoms with Gasteiger partial charge in [-0.3, -0.25) is 0 Å². The Hall–Kier alpha value is -0.910. The van der Waals surface area contributed by atoms with Crippen molar-refractivity contribution in [2.24, 2.45) is 0 Å². The molecule has 1 rings (SSSR count). The van der Waals surface area contributed by atoms with Crippen LogP contribution in [0.4, 0.5) is 4.79 Å². The maximum atomic E-state index is 11.7. The Labute approximate surface area is 99.6 Å². The van der Waals surface area contributed by atoms with E-state index in [0.29, 0.717) is 0 Å². The van der Waals surface area contributed by atoms with Crippen molar-refractivity contribution in [1.82, 2.24) is 10.2 Å². The van der Waals surface area contributed by atoms with Crippen LogP contribution in [0.25, 0.3) is 0 Å². The number of nitrogens with zero attached hydrogens (tertiary/aromatic N) is 1. The van der Waals surface area contributed by atoms with Crippen LogP contribution in [0.1, 0.15) is 19.8 Å². The average Bonchev–Trinajstić information content (AvgIpc) is 2.28. The van der Waals surface area contributed by atoms with Gasteiger partial charge in [-0.2, -0.15) is 11.8 Å². The molecular weight excluding hydrogens is 228 g/mol. The Balaban J connectivity index is 2.41. The van der Waals surface area contributed by atoms with Crippen molar-refractivity contribution in [2.75, 3.05) is 18.6 Å². The molecule has 1 unspecified atom stereocenters. The lowest BCUT2D eigenvalue weighted by Gasteiger charge is -2.27. The summed E-state index contributed by atoms with van der Waals surface area (Å²) < 4.78 is 0. The third-order valence-electron chi connectivity index (χ3n) is 2.81. The number of hydrogen-bond acceptors (Lipinski definition) is 3. The van der Waals surface area contributed by atoms with Gasteiger partial charge >= 0.3 is 12.0 Å². The molecule has 0 spiro atoms. The third-order valence-corrected chi connectivity index (χ3v) is 3.86. The number of amides is 2. The molecule has 0 saturated carbocycles. The molecule has 2 N–H and O–H groups in total. The van der Waals surface area contributed by atoms with Gasteiger partial charge < -0.3 is 15.3 Å². The maximum Gasteiger partial charge on any atom is 0.326 e. The topological polar surface area (TPSA) is 69.6 Å². The number of thioether (sulfide) groups is 1. The van der Waals surface area contributed by atoms with E-state index >= 15 is 0 Å². The van der Waals surface area contributed by atoms with Crippen molar-refractivity contribution in [1.29, 1.82) is 0 Å². The van der Waals surface area contributed by atoms with Crippen LogP contribution >= 0.6 is 11.8 Å². The van der Waals surface area contributed by atoms with E-state index in [9.17, 15) is 9.59 Å². The van der Waals surface area contributed by atoms with Crippen molar-refractivity contribution < 1.29 is 14.7 Å². The molecule has 92 valence electrons. The zero-order valence-corrected chi connectivity index (χ0v) is 10.4. The summed E-state index contributed by atoms with van der Waals surface area (Å²) in [6, 6.07) is -0.901. The fraction of sp³-hybridized carbons (Fsp3) is 0.800. The normalized spacial score (nSPS) is 18.9. The summed E-state index contributed by atoms with van der Waals surface area (Å²) in [6.45, 7) is 1.50. The molecule has 2 amide bonds. The first kappa shape index (κ1) is 13.2. The zero-order valence-electron chi connectivity index (χ0n) is 9.60. The summed E-state index contributed by atoms with van der Waals surface area (Å²) in [7, 11) is 1.51. The summed E-state index contributed by atoms with van der Waals surface area (Å²) in [6.07, 6.45) is 1.93. The van der Waals surface area contributed by atoms with Gasteiger partial charge in [0.05, 0.1) is 0 Å². The van der Waals surface area contributed by atoms with Crippen LogP contribution in [0, 0.1) is 0 Å². The number of likely N-dealkylation sites (N-methyl/N-ethyl adjacent to an activating group) is 1. The molecule has 0 radical (unpaired) electrons. The predicted molar refractivity (Wildman–Crippen MR) is 63.7 cm³/mol. The number of carboxylic acid groups (broad SMARTS) is 1. The smallest absolute Gasteiger partial charge is 0.326 e. The first-order valence-corrected chi connectivity index (χ1v) is 6.51. The van der Waals surface area contributed by atoms with Gasteiger partial charge in [-0.05, 0) is 31.3 Å². The van der Waals surface area contributed by atoms with Gasteiger partial charge in [0.15, 0.2) is 0 Å². The largest absolute Gasteiger partial charge is 0.480 e. The highest BCUT2D eigenvalue weighted by molar-refractivity contribution is 7.99. The van der Waals surface area contributed by atoms with Crippen LogP contribution in [0.2, 0.25) is 0 Å². The molecule has 16 heavy (non-hydrogen) atoms. The quantitative estimate of drug-likeness (QED) is 0.779. The molecule has 1 aliphatic rings. The van der Waals surface area contributed by atoms with Crippen molar-refractivity contribution in [3.63, 3.8) is 0 Å². The molecule has 0 bridgehead atoms. The molecule has 0 aromatic carbocycles. The molecule has 1 aliphatic heterocycles. The van der Waals surface area contributed by atoms with Gasteiger partial charge in [-0.25, -0.2) is 9.59 Å². The molecule has 5 nitrogen and oxygen atoms in total. The fourth-order valence-corrected chi connectivity index (χ4v) is 2.57. The zero-order chi connectivity index (χ0) is 12.1. The van der Waals surface area contributed by atoms with E-state index in [4.69, 9.17) is 5.11 Å². The number of carboxylic acids is 1. The van der Waals surface area contributed by atoms with Gasteiger partial charge in [0.1, 0.15) is 6.04 Å². The third kappa shape index (κ3) is 3.59. The minimum absolute atomic E-state index is 0.192. The van der Waals surface area contributed by atoms with Crippen molar-refractivity contribution in [2.45, 2.75) is 31.8 Å². The van der Waals surface area contributed by atoms with Gasteiger partial charge in [-0.15, -0.1) is 0 Å². The van der Waals surface area contributed by atoms with Gasteiger partial charge in [0.25, 0.3) is 0 Å². The van der Waals surface area contributed by atoms with Crippen LogP contribution in [0.5, 0.6) is 0 Å². The highest BCUT2D eigenvalue weighted by atomic mass is 32.2. The summed E-state index contributed by atoms with van der Waals surface area (Å²) in [5, 5.41) is 11.6. The average molecular weight is 246 g/mol. The Bertz CT molecular complexity index is 267. The Kier molecular flexibility index (Phi) is 4.92. The summed E-state index contributed by atoms with van der Waals surface area (Å²) in [5.74, 6) is 1.13. The molecule has 0 aromatic heterocycles. The Morgan fingerprint density at radius 3 is 2.50 bits per heavy atom. The second kappa shape index (κ2) is 5.98. The SMILES string of the molecule is CC(C(=O)O)N(C)C(=O)NC1CCSCC1. The van der Waals surface area contributed by atoms with Crippen molar-refractivity contribution in [3.8, 4) is 0 Å². The monoisotopic (exact) mass is 246 g/mol. The van der Waals surface area contributed by atoms with Crippen LogP contribution in [0.15, 0.2) is 0 Å². The van der Waals surface area contributed by atoms with Crippen LogP contribution in [0.3, 0.4) is 0 Å². The molecular formula is C10H18N2O3S. The highest BCUT2D eigenvalue weighted by Gasteiger charge is 2.24. The lowest BCUT2D eigenvalue weighted by Crippen LogP contribution is -2.49. The maximum absolute atomic E-state index is 11.7. The number of urea groups is 1. The van der Waals surface area contributed by atoms with Crippen LogP contribution < -0.4 is 5.32 Å². The van der Waals surface area contributed by atoms with E-state index < -0.39 is 12.0 Å². The van der Waals surface area contributed by atoms with Crippen LogP contribution in [-0.2, 0) is 4.79 Å². The molecule has 0 aliphatic carbocycles. The molecule has 6 heteroatoms. The number of rotatable bonds is 3. The van der Waals surface area contributed by atoms with E-state index in [2.05, 4.69) is 5.32 Å². The first-order chi connectivity index (χ1) is 7.52. The molecule has 1 heterocycles. The fourth-order valence-electron chi connectivity index (χ4n) is 1.46. The Morgan fingerprint density at radius 1 is 1.44 bits per heavy atom. The van der Waals surface area contributed by atoms with E-state index in [1.54, 1.807) is 0 Å². The second-order valence-corrected chi connectivity index (χ2v) is 5.19. The molecule has 1 atom stereocenters. The van der Waals surface area contributed by atoms with Gasteiger partial charge in [0.2, 0.25) is 0 Å². The summed E-state index contributed by atoms with van der Waals surface area (Å²) in [5.41, 5.74) is 0. The lowest BCUT2D eigenvalue weighted by atomic mass is 10.1. The second-order valence-electron chi connectivity index (χ2n) is 3.96. The molecule has 1 saturated heterocycles. The van der Waals surface area contributed by atoms with E-state index in [0.717, 1.165) is 24.3 Å². The minimum Gasteiger partial charge on any atom is -0.480 e. The van der Waals surface area contributed by atoms with E-state index in [1.807, 2.05) is 11.8 Å². The molecule has 0 aromatic rings. The number of carbonyl (C=O) groups is 2. The Morgan fingerprint density at radius 2 is 2.00 bits per heavy atom. The number of hydrogen-bond donors (Lipinski definition) is 2. The summed E-state index contributed by atoms with van der Waals surface area (Å²) >= 11 is 1.89. The standard InChI is InChI=1S/C10H18N2O3S/c1-7(9(13)14)12(2)10(15)11-8-3-5-16-6-4-8/h7-8H,3-6H2,1-2H3,(H,11,15)(H,13,14). The van der Waals surface area contributed by atoms with Gasteiger partial charge in [0, 0.05) is 13.1 Å². The number of nitrogens with one attached hydrogen (secondary N) is 1. The van der Waals surface area contributed by atoms with Crippen molar-refractivity contribution >= 4 is 23.8 Å². The minimum atomic E-state index is -0.989. The van der Waals surface area contributed by atoms with Crippen LogP contribution in [-0.4, -0.2) is 52.6 Å². The first-order valence-electron chi connectivity index (χ1n) is 5.36. The molecule has 1 fully saturated rings. The van der Waals surface area contributed by atoms with Gasteiger partial charge in [-0.1, -0.05) is 0 Å². The van der Waals surface area contributed by atoms with Crippen molar-refractivity contribution in [3.05, 3.63) is 0 Å².